The Bertz CT molecular complexity index is 469. The molecule has 3 rings (SSSR count). The molecule has 2 aliphatic heterocycles. The molecule has 2 aliphatic rings. The van der Waals surface area contributed by atoms with Gasteiger partial charge >= 0.3 is 0 Å². The third-order valence-corrected chi connectivity index (χ3v) is 4.95. The van der Waals surface area contributed by atoms with Gasteiger partial charge in [0.05, 0.1) is 5.02 Å². The van der Waals surface area contributed by atoms with Gasteiger partial charge in [0.25, 0.3) is 0 Å². The molecule has 2 saturated heterocycles. The van der Waals surface area contributed by atoms with Crippen molar-refractivity contribution >= 4 is 24.0 Å². The first kappa shape index (κ1) is 16.0. The van der Waals surface area contributed by atoms with Crippen LogP contribution in [0.25, 0.3) is 0 Å². The molecule has 0 amide bonds. The van der Waals surface area contributed by atoms with E-state index in [1.807, 2.05) is 6.07 Å². The topological polar surface area (TPSA) is 15.3 Å². The Balaban J connectivity index is 0.00000147. The number of halogens is 3. The number of hydrogen-bond acceptors (Lipinski definition) is 2. The quantitative estimate of drug-likeness (QED) is 0.895. The summed E-state index contributed by atoms with van der Waals surface area (Å²) < 4.78 is 13.2. The molecular formula is C15H21Cl2FN2. The maximum atomic E-state index is 13.2. The molecule has 3 unspecified atom stereocenters. The molecule has 1 N–H and O–H groups in total. The Hall–Kier alpha value is -0.350. The molecule has 2 heterocycles. The van der Waals surface area contributed by atoms with E-state index in [-0.39, 0.29) is 23.2 Å². The molecule has 0 saturated carbocycles. The Kier molecular flexibility index (Phi) is 5.30. The fourth-order valence-corrected chi connectivity index (χ4v) is 3.60. The van der Waals surface area contributed by atoms with Crippen molar-refractivity contribution in [1.82, 2.24) is 10.2 Å². The van der Waals surface area contributed by atoms with E-state index in [2.05, 4.69) is 17.1 Å². The lowest BCUT2D eigenvalue weighted by atomic mass is 9.91. The van der Waals surface area contributed by atoms with E-state index in [9.17, 15) is 4.39 Å². The van der Waals surface area contributed by atoms with E-state index >= 15 is 0 Å². The first-order valence-corrected chi connectivity index (χ1v) is 7.45. The van der Waals surface area contributed by atoms with E-state index in [1.54, 1.807) is 6.07 Å². The summed E-state index contributed by atoms with van der Waals surface area (Å²) in [6.07, 6.45) is 2.49. The highest BCUT2D eigenvalue weighted by atomic mass is 35.5. The van der Waals surface area contributed by atoms with E-state index < -0.39 is 0 Å². The average Bonchev–Trinajstić information content (AvgIpc) is 2.88. The molecule has 3 atom stereocenters. The van der Waals surface area contributed by atoms with Crippen molar-refractivity contribution in [3.05, 3.63) is 34.6 Å². The van der Waals surface area contributed by atoms with Gasteiger partial charge in [0.1, 0.15) is 5.82 Å². The second kappa shape index (κ2) is 6.61. The van der Waals surface area contributed by atoms with Crippen LogP contribution in [0.1, 0.15) is 31.4 Å². The zero-order chi connectivity index (χ0) is 13.4. The van der Waals surface area contributed by atoms with Crippen LogP contribution in [0.15, 0.2) is 18.2 Å². The molecule has 20 heavy (non-hydrogen) atoms. The van der Waals surface area contributed by atoms with Gasteiger partial charge in [-0.15, -0.1) is 12.4 Å². The Morgan fingerprint density at radius 2 is 2.20 bits per heavy atom. The van der Waals surface area contributed by atoms with Crippen LogP contribution in [-0.2, 0) is 0 Å². The smallest absolute Gasteiger partial charge is 0.141 e. The second-order valence-electron chi connectivity index (χ2n) is 5.74. The number of rotatable bonds is 2. The minimum absolute atomic E-state index is 0. The molecule has 5 heteroatoms. The second-order valence-corrected chi connectivity index (χ2v) is 6.15. The zero-order valence-corrected chi connectivity index (χ0v) is 13.2. The van der Waals surface area contributed by atoms with Crippen molar-refractivity contribution in [3.63, 3.8) is 0 Å². The summed E-state index contributed by atoms with van der Waals surface area (Å²) >= 11 is 5.88. The van der Waals surface area contributed by atoms with E-state index in [0.29, 0.717) is 12.1 Å². The Morgan fingerprint density at radius 1 is 1.40 bits per heavy atom. The highest BCUT2D eigenvalue weighted by molar-refractivity contribution is 6.30. The van der Waals surface area contributed by atoms with Crippen LogP contribution in [-0.4, -0.2) is 30.6 Å². The molecular weight excluding hydrogens is 298 g/mol. The summed E-state index contributed by atoms with van der Waals surface area (Å²) in [6.45, 7) is 5.57. The number of nitrogens with one attached hydrogen (secondary N) is 1. The fraction of sp³-hybridized carbons (Fsp3) is 0.600. The van der Waals surface area contributed by atoms with Gasteiger partial charge in [-0.05, 0) is 49.9 Å². The summed E-state index contributed by atoms with van der Waals surface area (Å²) in [5.74, 6) is 0.434. The van der Waals surface area contributed by atoms with Gasteiger partial charge in [-0.25, -0.2) is 4.39 Å². The van der Waals surface area contributed by atoms with Crippen molar-refractivity contribution in [3.8, 4) is 0 Å². The number of fused-ring (bicyclic) bond motifs is 1. The molecule has 2 nitrogen and oxygen atoms in total. The number of piperidine rings is 1. The van der Waals surface area contributed by atoms with Crippen LogP contribution in [0.4, 0.5) is 4.39 Å². The van der Waals surface area contributed by atoms with Crippen molar-refractivity contribution in [2.24, 2.45) is 5.92 Å². The Morgan fingerprint density at radius 3 is 2.95 bits per heavy atom. The minimum Gasteiger partial charge on any atom is -0.314 e. The van der Waals surface area contributed by atoms with Gasteiger partial charge in [0.15, 0.2) is 0 Å². The molecule has 0 spiro atoms. The molecule has 0 bridgehead atoms. The van der Waals surface area contributed by atoms with Gasteiger partial charge < -0.3 is 5.32 Å². The van der Waals surface area contributed by atoms with Crippen molar-refractivity contribution in [1.29, 1.82) is 0 Å². The molecule has 2 fully saturated rings. The van der Waals surface area contributed by atoms with Gasteiger partial charge in [-0.3, -0.25) is 4.90 Å². The fourth-order valence-electron chi connectivity index (χ4n) is 3.41. The van der Waals surface area contributed by atoms with Crippen LogP contribution in [0.2, 0.25) is 5.02 Å². The van der Waals surface area contributed by atoms with Gasteiger partial charge in [-0.1, -0.05) is 17.7 Å². The highest BCUT2D eigenvalue weighted by Crippen LogP contribution is 2.31. The number of benzene rings is 1. The van der Waals surface area contributed by atoms with Gasteiger partial charge in [0.2, 0.25) is 0 Å². The minimum atomic E-state index is -0.337. The maximum Gasteiger partial charge on any atom is 0.141 e. The monoisotopic (exact) mass is 318 g/mol. The predicted octanol–water partition coefficient (Wildman–Crippen LogP) is 3.65. The average molecular weight is 319 g/mol. The summed E-state index contributed by atoms with van der Waals surface area (Å²) in [7, 11) is 0. The lowest BCUT2D eigenvalue weighted by Crippen LogP contribution is -2.45. The molecule has 0 radical (unpaired) electrons. The number of nitrogens with zero attached hydrogens (tertiary/aromatic N) is 1. The molecule has 0 aromatic heterocycles. The summed E-state index contributed by atoms with van der Waals surface area (Å²) in [5.41, 5.74) is 1.11. The third kappa shape index (κ3) is 3.11. The predicted molar refractivity (Wildman–Crippen MR) is 83.2 cm³/mol. The molecule has 1 aromatic rings. The zero-order valence-electron chi connectivity index (χ0n) is 11.6. The van der Waals surface area contributed by atoms with E-state index in [4.69, 9.17) is 11.6 Å². The number of hydrogen-bond donors (Lipinski definition) is 1. The summed E-state index contributed by atoms with van der Waals surface area (Å²) in [4.78, 5) is 2.50. The van der Waals surface area contributed by atoms with E-state index in [1.165, 1.54) is 18.9 Å². The lowest BCUT2D eigenvalue weighted by molar-refractivity contribution is 0.122. The van der Waals surface area contributed by atoms with Gasteiger partial charge in [0, 0.05) is 25.2 Å². The molecule has 1 aromatic carbocycles. The largest absolute Gasteiger partial charge is 0.314 e. The molecule has 112 valence electrons. The van der Waals surface area contributed by atoms with E-state index in [0.717, 1.165) is 31.1 Å². The summed E-state index contributed by atoms with van der Waals surface area (Å²) in [5, 5.41) is 3.80. The Labute approximate surface area is 131 Å². The third-order valence-electron chi connectivity index (χ3n) is 4.66. The van der Waals surface area contributed by atoms with Crippen LogP contribution < -0.4 is 5.32 Å². The SMILES string of the molecule is CC(c1ccc(F)c(Cl)c1)N1CCC2NCCC2C1.Cl. The first-order valence-electron chi connectivity index (χ1n) is 7.07. The molecule has 0 aliphatic carbocycles. The first-order chi connectivity index (χ1) is 9.15. The van der Waals surface area contributed by atoms with Gasteiger partial charge in [-0.2, -0.15) is 0 Å². The van der Waals surface area contributed by atoms with Crippen molar-refractivity contribution in [2.75, 3.05) is 19.6 Å². The highest BCUT2D eigenvalue weighted by Gasteiger charge is 2.34. The van der Waals surface area contributed by atoms with Crippen LogP contribution in [0, 0.1) is 11.7 Å². The normalized spacial score (nSPS) is 27.8. The number of likely N-dealkylation sites (tertiary alicyclic amines) is 1. The van der Waals surface area contributed by atoms with Crippen molar-refractivity contribution in [2.45, 2.75) is 31.8 Å². The van der Waals surface area contributed by atoms with Crippen LogP contribution in [0.5, 0.6) is 0 Å². The maximum absolute atomic E-state index is 13.2. The van der Waals surface area contributed by atoms with Crippen LogP contribution in [0.3, 0.4) is 0 Å². The standard InChI is InChI=1S/C15H20ClFN2.ClH/c1-10(11-2-3-14(17)13(16)8-11)19-7-5-15-12(9-19)4-6-18-15;/h2-3,8,10,12,15,18H,4-7,9H2,1H3;1H. The summed E-state index contributed by atoms with van der Waals surface area (Å²) in [6, 6.07) is 6.10. The lowest BCUT2D eigenvalue weighted by Gasteiger charge is -2.38. The van der Waals surface area contributed by atoms with Crippen LogP contribution >= 0.6 is 24.0 Å². The van der Waals surface area contributed by atoms with Crippen molar-refractivity contribution < 1.29 is 4.39 Å².